The molecule has 0 saturated carbocycles. The molecule has 2 N–H and O–H groups in total. The fourth-order valence-electron chi connectivity index (χ4n) is 6.66. The van der Waals surface area contributed by atoms with Gasteiger partial charge >= 0.3 is 5.97 Å². The molecule has 0 bridgehead atoms. The van der Waals surface area contributed by atoms with E-state index in [4.69, 9.17) is 0 Å². The molecule has 42 heavy (non-hydrogen) atoms. The molecule has 8 nitrogen and oxygen atoms in total. The van der Waals surface area contributed by atoms with Gasteiger partial charge < -0.3 is 20.0 Å². The van der Waals surface area contributed by atoms with E-state index in [0.717, 1.165) is 86.7 Å². The Morgan fingerprint density at radius 2 is 1.60 bits per heavy atom. The fourth-order valence-corrected chi connectivity index (χ4v) is 6.66. The standard InChI is InChI=1S/C34H43N5O3/c1-24-31(25(2)36-23-35-24)26(3)37-20-16-34(4,17-21-37)38-18-14-30(15-19-38)39(22-27-8-6-5-7-9-27)29-12-10-28(11-13-29)32(40)33(41)42/h5-13,23,30,32,40H,3,14-22H2,1-2,4H3,(H,41,42)/t32-/m0/s1. The zero-order valence-corrected chi connectivity index (χ0v) is 25.0. The van der Waals surface area contributed by atoms with Crippen LogP contribution in [0.3, 0.4) is 0 Å². The van der Waals surface area contributed by atoms with E-state index in [-0.39, 0.29) is 5.54 Å². The summed E-state index contributed by atoms with van der Waals surface area (Å²) in [7, 11) is 0. The number of likely N-dealkylation sites (tertiary alicyclic amines) is 2. The van der Waals surface area contributed by atoms with E-state index in [0.29, 0.717) is 11.6 Å². The molecule has 2 aromatic carbocycles. The molecule has 0 spiro atoms. The van der Waals surface area contributed by atoms with Crippen LogP contribution in [-0.4, -0.2) is 73.7 Å². The van der Waals surface area contributed by atoms with Crippen molar-refractivity contribution in [1.82, 2.24) is 19.8 Å². The summed E-state index contributed by atoms with van der Waals surface area (Å²) in [6.45, 7) is 15.7. The predicted molar refractivity (Wildman–Crippen MR) is 166 cm³/mol. The van der Waals surface area contributed by atoms with Crippen LogP contribution in [0.25, 0.3) is 5.70 Å². The summed E-state index contributed by atoms with van der Waals surface area (Å²) < 4.78 is 0. The second-order valence-electron chi connectivity index (χ2n) is 12.0. The molecule has 2 aliphatic heterocycles. The number of nitrogens with zero attached hydrogens (tertiary/aromatic N) is 5. The third-order valence-corrected chi connectivity index (χ3v) is 9.38. The van der Waals surface area contributed by atoms with E-state index < -0.39 is 12.1 Å². The average molecular weight is 570 g/mol. The van der Waals surface area contributed by atoms with Gasteiger partial charge in [0.2, 0.25) is 0 Å². The molecular formula is C34H43N5O3. The summed E-state index contributed by atoms with van der Waals surface area (Å²) >= 11 is 0. The Balaban J connectivity index is 1.24. The highest BCUT2D eigenvalue weighted by molar-refractivity contribution is 5.74. The SMILES string of the molecule is C=C(c1c(C)ncnc1C)N1CCC(C)(N2CCC(N(Cc3ccccc3)c3ccc([C@H](O)C(=O)O)cc3)CC2)CC1. The number of benzene rings is 2. The molecule has 2 saturated heterocycles. The van der Waals surface area contributed by atoms with Crippen molar-refractivity contribution < 1.29 is 15.0 Å². The Kier molecular flexibility index (Phi) is 8.94. The quantitative estimate of drug-likeness (QED) is 0.363. The van der Waals surface area contributed by atoms with Crippen molar-refractivity contribution in [3.05, 3.63) is 95.6 Å². The molecule has 5 rings (SSSR count). The van der Waals surface area contributed by atoms with Gasteiger partial charge in [-0.05, 0) is 69.7 Å². The highest BCUT2D eigenvalue weighted by atomic mass is 16.4. The van der Waals surface area contributed by atoms with Gasteiger partial charge in [-0.2, -0.15) is 0 Å². The number of piperidine rings is 2. The van der Waals surface area contributed by atoms with Crippen LogP contribution in [0.4, 0.5) is 5.69 Å². The zero-order chi connectivity index (χ0) is 29.9. The molecule has 2 aliphatic rings. The molecule has 3 aromatic rings. The van der Waals surface area contributed by atoms with E-state index in [1.54, 1.807) is 18.5 Å². The number of carboxylic acid groups (broad SMARTS) is 1. The number of aliphatic hydroxyl groups is 1. The van der Waals surface area contributed by atoms with Crippen molar-refractivity contribution in [2.75, 3.05) is 31.1 Å². The first kappa shape index (κ1) is 29.7. The van der Waals surface area contributed by atoms with Crippen LogP contribution < -0.4 is 4.90 Å². The zero-order valence-electron chi connectivity index (χ0n) is 25.0. The van der Waals surface area contributed by atoms with Crippen molar-refractivity contribution in [2.45, 2.75) is 70.7 Å². The molecular weight excluding hydrogens is 526 g/mol. The molecule has 3 heterocycles. The van der Waals surface area contributed by atoms with Gasteiger partial charge in [-0.3, -0.25) is 4.90 Å². The van der Waals surface area contributed by atoms with Gasteiger partial charge in [0.25, 0.3) is 0 Å². The van der Waals surface area contributed by atoms with E-state index in [1.807, 2.05) is 32.0 Å². The number of hydrogen-bond acceptors (Lipinski definition) is 7. The number of aliphatic carboxylic acids is 1. The molecule has 0 amide bonds. The van der Waals surface area contributed by atoms with Crippen LogP contribution in [-0.2, 0) is 11.3 Å². The number of anilines is 1. The largest absolute Gasteiger partial charge is 0.479 e. The van der Waals surface area contributed by atoms with E-state index in [9.17, 15) is 15.0 Å². The fraction of sp³-hybridized carbons (Fsp3) is 0.441. The number of carbonyl (C=O) groups is 1. The van der Waals surface area contributed by atoms with Crippen molar-refractivity contribution in [2.24, 2.45) is 0 Å². The summed E-state index contributed by atoms with van der Waals surface area (Å²) in [5.74, 6) is -1.24. The van der Waals surface area contributed by atoms with Crippen molar-refractivity contribution in [3.63, 3.8) is 0 Å². The average Bonchev–Trinajstić information content (AvgIpc) is 3.00. The Morgan fingerprint density at radius 3 is 2.17 bits per heavy atom. The lowest BCUT2D eigenvalue weighted by molar-refractivity contribution is -0.146. The summed E-state index contributed by atoms with van der Waals surface area (Å²) in [5.41, 5.74) is 6.91. The summed E-state index contributed by atoms with van der Waals surface area (Å²) in [5, 5.41) is 19.2. The maximum absolute atomic E-state index is 11.3. The minimum absolute atomic E-state index is 0.151. The number of carboxylic acids is 1. The van der Waals surface area contributed by atoms with Gasteiger partial charge in [0.15, 0.2) is 6.10 Å². The van der Waals surface area contributed by atoms with Crippen LogP contribution >= 0.6 is 0 Å². The third kappa shape index (κ3) is 6.35. The van der Waals surface area contributed by atoms with E-state index >= 15 is 0 Å². The number of aliphatic hydroxyl groups excluding tert-OH is 1. The lowest BCUT2D eigenvalue weighted by Crippen LogP contribution is -2.57. The summed E-state index contributed by atoms with van der Waals surface area (Å²) in [6.07, 6.45) is 4.39. The normalized spacial score (nSPS) is 18.4. The first-order chi connectivity index (χ1) is 20.2. The first-order valence-corrected chi connectivity index (χ1v) is 14.9. The van der Waals surface area contributed by atoms with Gasteiger partial charge in [0.1, 0.15) is 6.33 Å². The molecule has 0 aliphatic carbocycles. The van der Waals surface area contributed by atoms with Crippen LogP contribution in [0.2, 0.25) is 0 Å². The minimum atomic E-state index is -1.51. The Bertz CT molecular complexity index is 1360. The van der Waals surface area contributed by atoms with Gasteiger partial charge in [0.05, 0.1) is 11.4 Å². The lowest BCUT2D eigenvalue weighted by atomic mass is 9.85. The third-order valence-electron chi connectivity index (χ3n) is 9.38. The Hall–Kier alpha value is -3.75. The van der Waals surface area contributed by atoms with E-state index in [1.165, 1.54) is 5.56 Å². The molecule has 0 radical (unpaired) electrons. The van der Waals surface area contributed by atoms with Crippen LogP contribution in [0, 0.1) is 13.8 Å². The Morgan fingerprint density at radius 1 is 1.00 bits per heavy atom. The number of aromatic nitrogens is 2. The number of hydrogen-bond donors (Lipinski definition) is 2. The molecule has 222 valence electrons. The number of rotatable bonds is 9. The smallest absolute Gasteiger partial charge is 0.337 e. The molecule has 8 heteroatoms. The van der Waals surface area contributed by atoms with E-state index in [2.05, 4.69) is 62.4 Å². The molecule has 0 unspecified atom stereocenters. The second kappa shape index (κ2) is 12.6. The molecule has 1 atom stereocenters. The first-order valence-electron chi connectivity index (χ1n) is 14.9. The van der Waals surface area contributed by atoms with Gasteiger partial charge in [-0.25, -0.2) is 14.8 Å². The van der Waals surface area contributed by atoms with Gasteiger partial charge in [0, 0.05) is 61.3 Å². The number of aryl methyl sites for hydroxylation is 2. The summed E-state index contributed by atoms with van der Waals surface area (Å²) in [4.78, 5) is 27.6. The minimum Gasteiger partial charge on any atom is -0.479 e. The van der Waals surface area contributed by atoms with Crippen LogP contribution in [0.1, 0.15) is 66.8 Å². The van der Waals surface area contributed by atoms with Crippen LogP contribution in [0.15, 0.2) is 67.5 Å². The highest BCUT2D eigenvalue weighted by Crippen LogP contribution is 2.36. The van der Waals surface area contributed by atoms with Gasteiger partial charge in [-0.1, -0.05) is 49.0 Å². The molecule has 2 fully saturated rings. The summed E-state index contributed by atoms with van der Waals surface area (Å²) in [6, 6.07) is 18.2. The van der Waals surface area contributed by atoms with Gasteiger partial charge in [-0.15, -0.1) is 0 Å². The van der Waals surface area contributed by atoms with Crippen LogP contribution in [0.5, 0.6) is 0 Å². The van der Waals surface area contributed by atoms with Crippen molar-refractivity contribution in [3.8, 4) is 0 Å². The van der Waals surface area contributed by atoms with Crippen molar-refractivity contribution >= 4 is 17.4 Å². The highest BCUT2D eigenvalue weighted by Gasteiger charge is 2.39. The van der Waals surface area contributed by atoms with Crippen molar-refractivity contribution in [1.29, 1.82) is 0 Å². The lowest BCUT2D eigenvalue weighted by Gasteiger charge is -2.51. The second-order valence-corrected chi connectivity index (χ2v) is 12.0. The maximum Gasteiger partial charge on any atom is 0.337 e. The molecule has 1 aromatic heterocycles. The predicted octanol–water partition coefficient (Wildman–Crippen LogP) is 5.21. The monoisotopic (exact) mass is 569 g/mol. The Labute approximate surface area is 249 Å². The maximum atomic E-state index is 11.3. The topological polar surface area (TPSA) is 93.0 Å².